The van der Waals surface area contributed by atoms with Crippen molar-refractivity contribution in [3.63, 3.8) is 0 Å². The highest BCUT2D eigenvalue weighted by Crippen LogP contribution is 1.97. The van der Waals surface area contributed by atoms with Gasteiger partial charge in [-0.2, -0.15) is 0 Å². The van der Waals surface area contributed by atoms with E-state index in [1.54, 1.807) is 0 Å². The Bertz CT molecular complexity index is 251. The molecule has 9 heavy (non-hydrogen) atoms. The van der Waals surface area contributed by atoms with Crippen LogP contribution in [0.1, 0.15) is 33.8 Å². The van der Waals surface area contributed by atoms with Crippen molar-refractivity contribution in [2.45, 2.75) is 25.5 Å². The van der Waals surface area contributed by atoms with Crippen LogP contribution in [-0.2, 0) is 4.79 Å². The molecular weight excluding hydrogens is 120 g/mol. The van der Waals surface area contributed by atoms with Gasteiger partial charge in [-0.3, -0.25) is 4.79 Å². The molecule has 0 aliphatic carbocycles. The monoisotopic (exact) mass is 138 g/mol. The molecule has 0 aromatic rings. The lowest BCUT2D eigenvalue weighted by Gasteiger charge is -1.92. The van der Waals surface area contributed by atoms with Gasteiger partial charge in [-0.1, -0.05) is 6.37 Å². The van der Waals surface area contributed by atoms with E-state index in [0.717, 1.165) is 0 Å². The van der Waals surface area contributed by atoms with Gasteiger partial charge in [0.1, 0.15) is 0 Å². The van der Waals surface area contributed by atoms with Crippen molar-refractivity contribution < 1.29 is 23.2 Å². The number of carboxylic acid groups (broad SMARTS) is 1. The van der Waals surface area contributed by atoms with Crippen molar-refractivity contribution in [2.75, 3.05) is 6.61 Å². The minimum Gasteiger partial charge on any atom is -0.481 e. The van der Waals surface area contributed by atoms with Crippen LogP contribution in [-0.4, -0.2) is 22.8 Å². The maximum atomic E-state index is 10.3. The Balaban J connectivity index is 5.08. The molecule has 0 rings (SSSR count). The Labute approximate surface area is 62.7 Å². The fourth-order valence-corrected chi connectivity index (χ4v) is 0.222. The van der Waals surface area contributed by atoms with Crippen LogP contribution in [0.15, 0.2) is 0 Å². The summed E-state index contributed by atoms with van der Waals surface area (Å²) in [5.74, 6) is -1.57. The minimum absolute atomic E-state index is 1.17. The SMILES string of the molecule is [2H]C([2H])(CO)C([2H])([2H])C([2H])([2H])CC(=O)O. The molecule has 0 spiro atoms. The van der Waals surface area contributed by atoms with Gasteiger partial charge in [0.25, 0.3) is 0 Å². The number of aliphatic carboxylic acids is 1. The predicted molar refractivity (Wildman–Crippen MR) is 33.2 cm³/mol. The van der Waals surface area contributed by atoms with Crippen LogP contribution in [0, 0.1) is 0 Å². The normalized spacial score (nSPS) is 24.1. The van der Waals surface area contributed by atoms with Gasteiger partial charge in [0.2, 0.25) is 0 Å². The summed E-state index contributed by atoms with van der Waals surface area (Å²) in [4.78, 5) is 10.3. The first-order valence-corrected chi connectivity index (χ1v) is 2.30. The summed E-state index contributed by atoms with van der Waals surface area (Å²) >= 11 is 0. The second-order valence-electron chi connectivity index (χ2n) is 1.21. The summed E-state index contributed by atoms with van der Waals surface area (Å²) in [6, 6.07) is 0. The van der Waals surface area contributed by atoms with E-state index in [0.29, 0.717) is 0 Å². The Morgan fingerprint density at radius 1 is 1.44 bits per heavy atom. The number of carbonyl (C=O) groups is 1. The Morgan fingerprint density at radius 2 is 2.11 bits per heavy atom. The first kappa shape index (κ1) is 2.58. The molecule has 0 aliphatic heterocycles. The molecule has 0 aromatic carbocycles. The molecule has 54 valence electrons. The molecule has 0 heterocycles. The van der Waals surface area contributed by atoms with Gasteiger partial charge in [-0.25, -0.2) is 0 Å². The van der Waals surface area contributed by atoms with Gasteiger partial charge >= 0.3 is 5.97 Å². The third-order valence-electron chi connectivity index (χ3n) is 0.495. The average Bonchev–Trinajstić information content (AvgIpc) is 2.01. The van der Waals surface area contributed by atoms with Crippen molar-refractivity contribution in [1.29, 1.82) is 0 Å². The van der Waals surface area contributed by atoms with Crippen molar-refractivity contribution >= 4 is 5.97 Å². The zero-order valence-corrected chi connectivity index (χ0v) is 4.72. The molecule has 0 fully saturated rings. The van der Waals surface area contributed by atoms with Gasteiger partial charge in [0, 0.05) is 21.3 Å². The maximum absolute atomic E-state index is 10.3. The van der Waals surface area contributed by atoms with E-state index in [9.17, 15) is 4.79 Å². The molecule has 0 atom stereocenters. The predicted octanol–water partition coefficient (Wildman–Crippen LogP) is 0.624. The summed E-state index contributed by atoms with van der Waals surface area (Å²) in [7, 11) is 0. The highest BCUT2D eigenvalue weighted by atomic mass is 16.4. The van der Waals surface area contributed by atoms with Crippen molar-refractivity contribution in [3.05, 3.63) is 0 Å². The van der Waals surface area contributed by atoms with Gasteiger partial charge in [0.05, 0.1) is 0 Å². The second kappa shape index (κ2) is 5.56. The lowest BCUT2D eigenvalue weighted by Crippen LogP contribution is -1.94. The lowest BCUT2D eigenvalue weighted by molar-refractivity contribution is -0.137. The summed E-state index contributed by atoms with van der Waals surface area (Å²) < 4.78 is 43.0. The van der Waals surface area contributed by atoms with Crippen LogP contribution in [0.5, 0.6) is 0 Å². The molecule has 0 saturated carbocycles. The molecule has 0 radical (unpaired) electrons. The van der Waals surface area contributed by atoms with Crippen molar-refractivity contribution in [1.82, 2.24) is 0 Å². The molecule has 3 nitrogen and oxygen atoms in total. The fourth-order valence-electron chi connectivity index (χ4n) is 0.222. The largest absolute Gasteiger partial charge is 0.481 e. The van der Waals surface area contributed by atoms with Crippen molar-refractivity contribution in [3.8, 4) is 0 Å². The molecule has 0 bridgehead atoms. The standard InChI is InChI=1S/C6H12O3/c7-5-3-1-2-4-6(8)9/h7H,1-5H2,(H,8,9)/i1D2,2D2,3D2. The molecular formula is C6H12O3. The first-order chi connectivity index (χ1) is 6.48. The van der Waals surface area contributed by atoms with E-state index in [-0.39, 0.29) is 0 Å². The zero-order chi connectivity index (χ0) is 12.5. The van der Waals surface area contributed by atoms with E-state index in [1.807, 2.05) is 0 Å². The van der Waals surface area contributed by atoms with Crippen LogP contribution in [0.3, 0.4) is 0 Å². The number of hydrogen-bond acceptors (Lipinski definition) is 2. The Kier molecular flexibility index (Phi) is 1.60. The number of carboxylic acids is 1. The summed E-state index contributed by atoms with van der Waals surface area (Å²) in [6.07, 6.45) is -10.00. The van der Waals surface area contributed by atoms with E-state index in [4.69, 9.17) is 18.4 Å². The highest BCUT2D eigenvalue weighted by molar-refractivity contribution is 5.66. The Hall–Kier alpha value is -0.570. The van der Waals surface area contributed by atoms with Crippen LogP contribution in [0.2, 0.25) is 0 Å². The number of hydrogen-bond donors (Lipinski definition) is 2. The molecule has 3 heteroatoms. The number of rotatable bonds is 5. The van der Waals surface area contributed by atoms with Gasteiger partial charge in [-0.05, 0) is 12.7 Å². The van der Waals surface area contributed by atoms with Gasteiger partial charge in [0.15, 0.2) is 0 Å². The highest BCUT2D eigenvalue weighted by Gasteiger charge is 1.94. The fraction of sp³-hybridized carbons (Fsp3) is 0.833. The van der Waals surface area contributed by atoms with E-state index in [2.05, 4.69) is 0 Å². The lowest BCUT2D eigenvalue weighted by atomic mass is 10.2. The topological polar surface area (TPSA) is 57.5 Å². The van der Waals surface area contributed by atoms with Crippen LogP contribution in [0.25, 0.3) is 0 Å². The summed E-state index contributed by atoms with van der Waals surface area (Å²) in [6.45, 7) is -1.22. The average molecular weight is 138 g/mol. The minimum atomic E-state index is -3.09. The molecule has 0 aliphatic rings. The van der Waals surface area contributed by atoms with Crippen LogP contribution < -0.4 is 0 Å². The Morgan fingerprint density at radius 3 is 2.56 bits per heavy atom. The second-order valence-corrected chi connectivity index (χ2v) is 1.21. The third kappa shape index (κ3) is 7.43. The molecule has 2 N–H and O–H groups in total. The van der Waals surface area contributed by atoms with Gasteiger partial charge in [-0.15, -0.1) is 0 Å². The van der Waals surface area contributed by atoms with E-state index >= 15 is 0 Å². The molecule has 0 unspecified atom stereocenters. The summed E-state index contributed by atoms with van der Waals surface area (Å²) in [5.41, 5.74) is 0. The number of aliphatic hydroxyl groups excluding tert-OH is 1. The molecule has 0 aromatic heterocycles. The van der Waals surface area contributed by atoms with Gasteiger partial charge < -0.3 is 10.2 Å². The van der Waals surface area contributed by atoms with Crippen molar-refractivity contribution in [2.24, 2.45) is 0 Å². The first-order valence-electron chi connectivity index (χ1n) is 5.30. The smallest absolute Gasteiger partial charge is 0.303 e. The van der Waals surface area contributed by atoms with E-state index < -0.39 is 38.1 Å². The van der Waals surface area contributed by atoms with Crippen LogP contribution in [0.4, 0.5) is 0 Å². The molecule has 0 amide bonds. The zero-order valence-electron chi connectivity index (χ0n) is 10.7. The third-order valence-corrected chi connectivity index (χ3v) is 0.495. The van der Waals surface area contributed by atoms with E-state index in [1.165, 1.54) is 0 Å². The number of aliphatic hydroxyl groups is 1. The maximum Gasteiger partial charge on any atom is 0.303 e. The molecule has 0 saturated heterocycles. The summed E-state index contributed by atoms with van der Waals surface area (Å²) in [5, 5.41) is 17.0. The van der Waals surface area contributed by atoms with Crippen LogP contribution >= 0.6 is 0 Å². The quantitative estimate of drug-likeness (QED) is 0.585.